The van der Waals surface area contributed by atoms with Crippen LogP contribution in [-0.2, 0) is 4.74 Å². The van der Waals surface area contributed by atoms with Crippen molar-refractivity contribution >= 4 is 0 Å². The van der Waals surface area contributed by atoms with Gasteiger partial charge in [0.25, 0.3) is 5.56 Å². The summed E-state index contributed by atoms with van der Waals surface area (Å²) < 4.78 is 18.8. The standard InChI is InChI=1S/C10H13FN2O7/c11-3-1-13(10(19)12-8(3)18)9-7(17)6(16)5(15)4(2-14)20-9/h1,4-7,9,14-17H,2H2,(H,12,18,19)/t4-,5-,6+,7+,9+/m1/s1. The van der Waals surface area contributed by atoms with E-state index in [0.717, 1.165) is 0 Å². The van der Waals surface area contributed by atoms with E-state index in [0.29, 0.717) is 10.8 Å². The van der Waals surface area contributed by atoms with E-state index in [1.54, 1.807) is 4.98 Å². The highest BCUT2D eigenvalue weighted by atomic mass is 19.1. The molecule has 0 amide bonds. The summed E-state index contributed by atoms with van der Waals surface area (Å²) >= 11 is 0. The van der Waals surface area contributed by atoms with Gasteiger partial charge >= 0.3 is 5.69 Å². The van der Waals surface area contributed by atoms with Crippen molar-refractivity contribution in [2.75, 3.05) is 6.61 Å². The Morgan fingerprint density at radius 2 is 1.90 bits per heavy atom. The molecule has 5 atom stereocenters. The zero-order valence-electron chi connectivity index (χ0n) is 10.0. The summed E-state index contributed by atoms with van der Waals surface area (Å²) in [5, 5.41) is 37.9. The zero-order valence-corrected chi connectivity index (χ0v) is 10.0. The molecule has 0 aliphatic carbocycles. The van der Waals surface area contributed by atoms with Gasteiger partial charge in [0.1, 0.15) is 24.4 Å². The average molecular weight is 292 g/mol. The number of aromatic nitrogens is 2. The van der Waals surface area contributed by atoms with Crippen LogP contribution in [0.3, 0.4) is 0 Å². The predicted molar refractivity (Wildman–Crippen MR) is 60.3 cm³/mol. The Morgan fingerprint density at radius 1 is 1.25 bits per heavy atom. The number of aliphatic hydroxyl groups excluding tert-OH is 4. The predicted octanol–water partition coefficient (Wildman–Crippen LogP) is -3.35. The lowest BCUT2D eigenvalue weighted by Gasteiger charge is -2.40. The van der Waals surface area contributed by atoms with Crippen molar-refractivity contribution in [3.8, 4) is 0 Å². The molecule has 10 heteroatoms. The van der Waals surface area contributed by atoms with Crippen LogP contribution in [0.1, 0.15) is 6.23 Å². The highest BCUT2D eigenvalue weighted by molar-refractivity contribution is 4.95. The maximum Gasteiger partial charge on any atom is 0.330 e. The van der Waals surface area contributed by atoms with Crippen molar-refractivity contribution in [2.45, 2.75) is 30.6 Å². The minimum atomic E-state index is -1.75. The molecular weight excluding hydrogens is 279 g/mol. The van der Waals surface area contributed by atoms with Crippen LogP contribution in [0.15, 0.2) is 15.8 Å². The van der Waals surface area contributed by atoms with Crippen molar-refractivity contribution in [2.24, 2.45) is 0 Å². The first-order valence-electron chi connectivity index (χ1n) is 5.68. The second-order valence-electron chi connectivity index (χ2n) is 4.36. The summed E-state index contributed by atoms with van der Waals surface area (Å²) in [6.45, 7) is -0.692. The third-order valence-corrected chi connectivity index (χ3v) is 3.07. The van der Waals surface area contributed by atoms with Gasteiger partial charge in [-0.05, 0) is 0 Å². The second-order valence-corrected chi connectivity index (χ2v) is 4.36. The summed E-state index contributed by atoms with van der Waals surface area (Å²) in [5.41, 5.74) is -2.31. The van der Waals surface area contributed by atoms with Gasteiger partial charge in [-0.3, -0.25) is 14.3 Å². The largest absolute Gasteiger partial charge is 0.394 e. The fraction of sp³-hybridized carbons (Fsp3) is 0.600. The van der Waals surface area contributed by atoms with Crippen LogP contribution in [0, 0.1) is 5.82 Å². The SMILES string of the molecule is O=c1[nH]c(=O)n([C@H]2O[C@H](CO)[C@@H](O)[C@H](O)[C@@H]2O)cc1F. The first-order valence-corrected chi connectivity index (χ1v) is 5.68. The Morgan fingerprint density at radius 3 is 2.50 bits per heavy atom. The van der Waals surface area contributed by atoms with Crippen LogP contribution >= 0.6 is 0 Å². The molecule has 0 spiro atoms. The third-order valence-electron chi connectivity index (χ3n) is 3.07. The van der Waals surface area contributed by atoms with E-state index < -0.39 is 54.3 Å². The Hall–Kier alpha value is -1.59. The molecule has 1 aromatic rings. The Balaban J connectivity index is 2.44. The molecule has 0 radical (unpaired) electrons. The number of halogens is 1. The number of aromatic amines is 1. The van der Waals surface area contributed by atoms with Crippen LogP contribution in [0.2, 0.25) is 0 Å². The van der Waals surface area contributed by atoms with Gasteiger partial charge < -0.3 is 25.2 Å². The number of aliphatic hydroxyl groups is 4. The van der Waals surface area contributed by atoms with Crippen LogP contribution < -0.4 is 11.2 Å². The number of nitrogens with zero attached hydrogens (tertiary/aromatic N) is 1. The van der Waals surface area contributed by atoms with E-state index in [1.165, 1.54) is 0 Å². The molecule has 2 rings (SSSR count). The number of nitrogens with one attached hydrogen (secondary N) is 1. The lowest BCUT2D eigenvalue weighted by molar-refractivity contribution is -0.252. The summed E-state index contributed by atoms with van der Waals surface area (Å²) in [7, 11) is 0. The van der Waals surface area contributed by atoms with Crippen molar-refractivity contribution in [1.29, 1.82) is 0 Å². The van der Waals surface area contributed by atoms with Gasteiger partial charge in [-0.15, -0.1) is 0 Å². The summed E-state index contributed by atoms with van der Waals surface area (Å²) in [4.78, 5) is 24.1. The topological polar surface area (TPSA) is 145 Å². The molecule has 0 aromatic carbocycles. The van der Waals surface area contributed by atoms with Gasteiger partial charge in [-0.2, -0.15) is 4.39 Å². The van der Waals surface area contributed by atoms with E-state index in [9.17, 15) is 29.3 Å². The first kappa shape index (κ1) is 14.8. The number of hydrogen-bond donors (Lipinski definition) is 5. The van der Waals surface area contributed by atoms with Gasteiger partial charge in [0.15, 0.2) is 6.23 Å². The maximum absolute atomic E-state index is 13.2. The van der Waals surface area contributed by atoms with E-state index in [4.69, 9.17) is 9.84 Å². The molecule has 9 nitrogen and oxygen atoms in total. The average Bonchev–Trinajstić information content (AvgIpc) is 2.41. The molecule has 0 unspecified atom stereocenters. The van der Waals surface area contributed by atoms with Crippen LogP contribution in [0.5, 0.6) is 0 Å². The fourth-order valence-corrected chi connectivity index (χ4v) is 1.96. The zero-order chi connectivity index (χ0) is 15.0. The minimum Gasteiger partial charge on any atom is -0.394 e. The Bertz CT molecular complexity index is 598. The van der Waals surface area contributed by atoms with Gasteiger partial charge in [-0.1, -0.05) is 0 Å². The van der Waals surface area contributed by atoms with Crippen LogP contribution in [-0.4, -0.2) is 61.0 Å². The highest BCUT2D eigenvalue weighted by Gasteiger charge is 2.44. The summed E-state index contributed by atoms with van der Waals surface area (Å²) in [6, 6.07) is 0. The van der Waals surface area contributed by atoms with Crippen molar-refractivity contribution < 1.29 is 29.6 Å². The number of hydrogen-bond acceptors (Lipinski definition) is 7. The number of ether oxygens (including phenoxy) is 1. The first-order chi connectivity index (χ1) is 9.36. The monoisotopic (exact) mass is 292 g/mol. The summed E-state index contributed by atoms with van der Waals surface area (Å²) in [6.07, 6.45) is -7.38. The molecule has 1 fully saturated rings. The smallest absolute Gasteiger partial charge is 0.330 e. The molecule has 1 aromatic heterocycles. The molecule has 1 aliphatic rings. The van der Waals surface area contributed by atoms with Gasteiger partial charge in [-0.25, -0.2) is 4.79 Å². The van der Waals surface area contributed by atoms with Crippen molar-refractivity contribution in [1.82, 2.24) is 9.55 Å². The van der Waals surface area contributed by atoms with E-state index >= 15 is 0 Å². The van der Waals surface area contributed by atoms with Crippen molar-refractivity contribution in [3.63, 3.8) is 0 Å². The Kier molecular flexibility index (Phi) is 4.01. The molecule has 0 bridgehead atoms. The molecule has 2 heterocycles. The lowest BCUT2D eigenvalue weighted by atomic mass is 9.98. The quantitative estimate of drug-likeness (QED) is 0.383. The molecule has 0 saturated carbocycles. The van der Waals surface area contributed by atoms with Crippen molar-refractivity contribution in [3.05, 3.63) is 32.9 Å². The molecule has 5 N–H and O–H groups in total. The van der Waals surface area contributed by atoms with Gasteiger partial charge in [0.05, 0.1) is 12.8 Å². The lowest BCUT2D eigenvalue weighted by Crippen LogP contribution is -2.58. The number of H-pyrrole nitrogens is 1. The van der Waals surface area contributed by atoms with Crippen LogP contribution in [0.4, 0.5) is 4.39 Å². The molecule has 112 valence electrons. The minimum absolute atomic E-state index is 0.508. The molecule has 1 aliphatic heterocycles. The van der Waals surface area contributed by atoms with E-state index in [1.807, 2.05) is 0 Å². The number of rotatable bonds is 2. The molecular formula is C10H13FN2O7. The fourth-order valence-electron chi connectivity index (χ4n) is 1.96. The summed E-state index contributed by atoms with van der Waals surface area (Å²) in [5.74, 6) is -1.29. The molecule has 20 heavy (non-hydrogen) atoms. The molecule has 1 saturated heterocycles. The van der Waals surface area contributed by atoms with E-state index in [-0.39, 0.29) is 0 Å². The maximum atomic E-state index is 13.2. The van der Waals surface area contributed by atoms with Gasteiger partial charge in [0.2, 0.25) is 5.82 Å². The second kappa shape index (κ2) is 5.42. The van der Waals surface area contributed by atoms with Crippen LogP contribution in [0.25, 0.3) is 0 Å². The normalized spacial score (nSPS) is 34.1. The Labute approximate surface area is 110 Å². The third kappa shape index (κ3) is 2.39. The van der Waals surface area contributed by atoms with E-state index in [2.05, 4.69) is 0 Å². The van der Waals surface area contributed by atoms with Gasteiger partial charge in [0, 0.05) is 0 Å². The highest BCUT2D eigenvalue weighted by Crippen LogP contribution is 2.27.